The highest BCUT2D eigenvalue weighted by atomic mass is 16.5. The minimum atomic E-state index is 0.295. The summed E-state index contributed by atoms with van der Waals surface area (Å²) >= 11 is 0. The minimum Gasteiger partial charge on any atom is -0.497 e. The van der Waals surface area contributed by atoms with Crippen molar-refractivity contribution in [2.75, 3.05) is 27.3 Å². The van der Waals surface area contributed by atoms with Crippen molar-refractivity contribution in [3.05, 3.63) is 35.9 Å². The molecule has 2 N–H and O–H groups in total. The van der Waals surface area contributed by atoms with Crippen molar-refractivity contribution in [2.45, 2.75) is 51.6 Å². The molecule has 2 heterocycles. The second-order valence-electron chi connectivity index (χ2n) is 7.48. The fraction of sp³-hybridized carbons (Fsp3) is 0.571. The first-order chi connectivity index (χ1) is 14.1. The molecule has 0 saturated heterocycles. The third-order valence-electron chi connectivity index (χ3n) is 4.88. The van der Waals surface area contributed by atoms with Gasteiger partial charge in [0.05, 0.1) is 20.3 Å². The first kappa shape index (κ1) is 21.0. The number of guanidine groups is 1. The van der Waals surface area contributed by atoms with Crippen molar-refractivity contribution < 1.29 is 9.47 Å². The zero-order valence-corrected chi connectivity index (χ0v) is 17.8. The van der Waals surface area contributed by atoms with Crippen molar-refractivity contribution in [1.82, 2.24) is 25.4 Å². The fourth-order valence-corrected chi connectivity index (χ4v) is 3.24. The summed E-state index contributed by atoms with van der Waals surface area (Å²) in [7, 11) is 3.45. The first-order valence-corrected chi connectivity index (χ1v) is 10.3. The molecule has 0 amide bonds. The third kappa shape index (κ3) is 5.85. The lowest BCUT2D eigenvalue weighted by Crippen LogP contribution is -2.47. The maximum atomic E-state index is 5.78. The molecule has 1 unspecified atom stereocenters. The van der Waals surface area contributed by atoms with Gasteiger partial charge in [0, 0.05) is 38.0 Å². The molecule has 3 rings (SSSR count). The van der Waals surface area contributed by atoms with E-state index in [1.54, 1.807) is 14.2 Å². The fourth-order valence-electron chi connectivity index (χ4n) is 3.24. The lowest BCUT2D eigenvalue weighted by atomic mass is 10.1. The maximum Gasteiger partial charge on any atom is 0.191 e. The van der Waals surface area contributed by atoms with E-state index in [9.17, 15) is 0 Å². The average Bonchev–Trinajstić information content (AvgIpc) is 3.16. The van der Waals surface area contributed by atoms with Gasteiger partial charge in [-0.25, -0.2) is 9.67 Å². The van der Waals surface area contributed by atoms with Crippen molar-refractivity contribution in [3.8, 4) is 11.5 Å². The Balaban J connectivity index is 1.39. The van der Waals surface area contributed by atoms with E-state index in [2.05, 4.69) is 39.6 Å². The molecule has 1 atom stereocenters. The molecule has 1 aromatic heterocycles. The third-order valence-corrected chi connectivity index (χ3v) is 4.88. The Morgan fingerprint density at radius 3 is 2.93 bits per heavy atom. The molecule has 0 spiro atoms. The summed E-state index contributed by atoms with van der Waals surface area (Å²) in [6.45, 7) is 6.47. The van der Waals surface area contributed by atoms with Crippen LogP contribution in [0.4, 0.5) is 0 Å². The molecule has 8 heteroatoms. The molecule has 1 aromatic carbocycles. The molecule has 0 aliphatic carbocycles. The van der Waals surface area contributed by atoms with Crippen LogP contribution in [0.5, 0.6) is 11.5 Å². The van der Waals surface area contributed by atoms with Gasteiger partial charge in [-0.2, -0.15) is 5.10 Å². The van der Waals surface area contributed by atoms with E-state index >= 15 is 0 Å². The van der Waals surface area contributed by atoms with E-state index in [-0.39, 0.29) is 0 Å². The summed E-state index contributed by atoms with van der Waals surface area (Å²) in [6.07, 6.45) is 2.83. The van der Waals surface area contributed by atoms with Crippen LogP contribution >= 0.6 is 0 Å². The molecule has 0 bridgehead atoms. The standard InChI is InChI=1S/C21H32N6O2/c1-15(2)20-25-19-10-9-16(14-27(19)26-20)24-21(22-3)23-11-6-12-29-18-8-5-7-17(13-18)28-4/h5,7-8,13,15-16H,6,9-12,14H2,1-4H3,(H2,22,23,24). The Bertz CT molecular complexity index is 817. The topological polar surface area (TPSA) is 85.6 Å². The number of nitrogens with zero attached hydrogens (tertiary/aromatic N) is 4. The second kappa shape index (κ2) is 10.1. The Kier molecular flexibility index (Phi) is 7.32. The van der Waals surface area contributed by atoms with Gasteiger partial charge in [-0.15, -0.1) is 0 Å². The Hall–Kier alpha value is -2.77. The van der Waals surface area contributed by atoms with Gasteiger partial charge in [-0.3, -0.25) is 4.99 Å². The Labute approximate surface area is 172 Å². The Morgan fingerprint density at radius 1 is 1.34 bits per heavy atom. The number of hydrogen-bond donors (Lipinski definition) is 2. The van der Waals surface area contributed by atoms with E-state index in [0.717, 1.165) is 61.5 Å². The number of methoxy groups -OCH3 is 1. The largest absolute Gasteiger partial charge is 0.497 e. The molecule has 2 aromatic rings. The molecular formula is C21H32N6O2. The van der Waals surface area contributed by atoms with E-state index in [0.29, 0.717) is 18.6 Å². The zero-order chi connectivity index (χ0) is 20.6. The van der Waals surface area contributed by atoms with E-state index in [1.807, 2.05) is 28.9 Å². The average molecular weight is 401 g/mol. The van der Waals surface area contributed by atoms with Crippen LogP contribution in [0.2, 0.25) is 0 Å². The normalized spacial score (nSPS) is 16.4. The first-order valence-electron chi connectivity index (χ1n) is 10.3. The van der Waals surface area contributed by atoms with Gasteiger partial charge in [-0.05, 0) is 25.0 Å². The SMILES string of the molecule is CN=C(NCCCOc1cccc(OC)c1)NC1CCc2nc(C(C)C)nn2C1. The number of ether oxygens (including phenoxy) is 2. The number of aryl methyl sites for hydroxylation is 1. The molecule has 8 nitrogen and oxygen atoms in total. The van der Waals surface area contributed by atoms with Gasteiger partial charge < -0.3 is 20.1 Å². The Morgan fingerprint density at radius 2 is 2.17 bits per heavy atom. The van der Waals surface area contributed by atoms with E-state index in [4.69, 9.17) is 9.47 Å². The van der Waals surface area contributed by atoms with Gasteiger partial charge in [0.25, 0.3) is 0 Å². The molecule has 0 saturated carbocycles. The monoisotopic (exact) mass is 400 g/mol. The highest BCUT2D eigenvalue weighted by Crippen LogP contribution is 2.19. The summed E-state index contributed by atoms with van der Waals surface area (Å²) < 4.78 is 13.0. The number of aromatic nitrogens is 3. The molecular weight excluding hydrogens is 368 g/mol. The molecule has 0 fully saturated rings. The van der Waals surface area contributed by atoms with Crippen LogP contribution in [0.3, 0.4) is 0 Å². The van der Waals surface area contributed by atoms with Gasteiger partial charge in [0.2, 0.25) is 0 Å². The van der Waals surface area contributed by atoms with Crippen LogP contribution in [0.15, 0.2) is 29.3 Å². The summed E-state index contributed by atoms with van der Waals surface area (Å²) in [4.78, 5) is 8.99. The molecule has 1 aliphatic heterocycles. The lowest BCUT2D eigenvalue weighted by Gasteiger charge is -2.25. The summed E-state index contributed by atoms with van der Waals surface area (Å²) in [5.74, 6) is 4.80. The number of aliphatic imine (C=N–C) groups is 1. The van der Waals surface area contributed by atoms with Crippen molar-refractivity contribution >= 4 is 5.96 Å². The lowest BCUT2D eigenvalue weighted by molar-refractivity contribution is 0.308. The number of hydrogen-bond acceptors (Lipinski definition) is 5. The van der Waals surface area contributed by atoms with Crippen LogP contribution < -0.4 is 20.1 Å². The molecule has 29 heavy (non-hydrogen) atoms. The quantitative estimate of drug-likeness (QED) is 0.402. The molecule has 0 radical (unpaired) electrons. The number of fused-ring (bicyclic) bond motifs is 1. The zero-order valence-electron chi connectivity index (χ0n) is 17.8. The van der Waals surface area contributed by atoms with Crippen LogP contribution in [-0.2, 0) is 13.0 Å². The predicted octanol–water partition coefficient (Wildman–Crippen LogP) is 2.36. The smallest absolute Gasteiger partial charge is 0.191 e. The number of rotatable bonds is 8. The van der Waals surface area contributed by atoms with Crippen molar-refractivity contribution in [2.24, 2.45) is 4.99 Å². The minimum absolute atomic E-state index is 0.295. The van der Waals surface area contributed by atoms with Gasteiger partial charge in [0.15, 0.2) is 11.8 Å². The number of nitrogens with one attached hydrogen (secondary N) is 2. The predicted molar refractivity (Wildman–Crippen MR) is 114 cm³/mol. The van der Waals surface area contributed by atoms with Gasteiger partial charge in [-0.1, -0.05) is 19.9 Å². The van der Waals surface area contributed by atoms with Gasteiger partial charge in [0.1, 0.15) is 17.3 Å². The second-order valence-corrected chi connectivity index (χ2v) is 7.48. The maximum absolute atomic E-state index is 5.78. The van der Waals surface area contributed by atoms with E-state index < -0.39 is 0 Å². The summed E-state index contributed by atoms with van der Waals surface area (Å²) in [5, 5.41) is 11.5. The van der Waals surface area contributed by atoms with Gasteiger partial charge >= 0.3 is 0 Å². The number of benzene rings is 1. The summed E-state index contributed by atoms with van der Waals surface area (Å²) in [6, 6.07) is 7.94. The highest BCUT2D eigenvalue weighted by Gasteiger charge is 2.23. The van der Waals surface area contributed by atoms with Crippen LogP contribution in [-0.4, -0.2) is 54.1 Å². The van der Waals surface area contributed by atoms with E-state index in [1.165, 1.54) is 0 Å². The molecule has 1 aliphatic rings. The van der Waals surface area contributed by atoms with Crippen LogP contribution in [0.1, 0.15) is 44.3 Å². The summed E-state index contributed by atoms with van der Waals surface area (Å²) in [5.41, 5.74) is 0. The van der Waals surface area contributed by atoms with Crippen LogP contribution in [0.25, 0.3) is 0 Å². The van der Waals surface area contributed by atoms with Crippen molar-refractivity contribution in [3.63, 3.8) is 0 Å². The van der Waals surface area contributed by atoms with Crippen LogP contribution in [0, 0.1) is 0 Å². The molecule has 158 valence electrons. The highest BCUT2D eigenvalue weighted by molar-refractivity contribution is 5.79. The van der Waals surface area contributed by atoms with Crippen molar-refractivity contribution in [1.29, 1.82) is 0 Å².